The van der Waals surface area contributed by atoms with Crippen molar-refractivity contribution in [3.05, 3.63) is 235 Å². The molecule has 0 saturated heterocycles. The van der Waals surface area contributed by atoms with Gasteiger partial charge in [-0.2, -0.15) is 66.3 Å². The second-order valence-corrected chi connectivity index (χ2v) is 36.7. The summed E-state index contributed by atoms with van der Waals surface area (Å²) in [5.74, 6) is 0.120. The number of benzene rings is 5. The van der Waals surface area contributed by atoms with Gasteiger partial charge in [-0.1, -0.05) is 42.5 Å². The monoisotopic (exact) mass is 1810 g/mol. The molecule has 652 valence electrons. The zero-order valence-corrected chi connectivity index (χ0v) is 71.9. The number of likely N-dealkylation sites (N-methyl/N-ethyl adjacent to an activating group) is 4. The summed E-state index contributed by atoms with van der Waals surface area (Å²) in [4.78, 5) is 67.7. The fraction of sp³-hybridized carbons (Fsp3) is 0.200. The molecule has 0 radical (unpaired) electrons. The summed E-state index contributed by atoms with van der Waals surface area (Å²) in [7, 11) is -7.37. The lowest BCUT2D eigenvalue weighted by atomic mass is 10.0. The Bertz CT molecular complexity index is 6710. The molecule has 20 rings (SSSR count). The summed E-state index contributed by atoms with van der Waals surface area (Å²) >= 11 is 1.59. The van der Waals surface area contributed by atoms with Crippen molar-refractivity contribution in [3.8, 4) is 5.75 Å². The van der Waals surface area contributed by atoms with Crippen LogP contribution in [0, 0.1) is 0 Å². The number of carboxylic acid groups (broad SMARTS) is 4. The molecule has 5 aliphatic heterocycles. The molecule has 15 aromatic rings. The van der Waals surface area contributed by atoms with Crippen molar-refractivity contribution in [3.63, 3.8) is 0 Å². The van der Waals surface area contributed by atoms with Gasteiger partial charge in [0.15, 0.2) is 12.3 Å². The summed E-state index contributed by atoms with van der Waals surface area (Å²) in [5.41, 5.74) is 11.5. The highest BCUT2D eigenvalue weighted by Crippen LogP contribution is 2.38. The van der Waals surface area contributed by atoms with Gasteiger partial charge in [-0.3, -0.25) is 33.9 Å². The third kappa shape index (κ3) is 19.3. The first kappa shape index (κ1) is 90.0. The molecular weight excluding hydrogens is 1730 g/mol. The number of aromatic nitrogens is 11. The molecule has 0 aliphatic carbocycles. The average molecular weight is 1810 g/mol. The van der Waals surface area contributed by atoms with E-state index in [1.165, 1.54) is 24.5 Å². The Morgan fingerprint density at radius 2 is 0.794 bits per heavy atom. The van der Waals surface area contributed by atoms with E-state index < -0.39 is 40.1 Å². The summed E-state index contributed by atoms with van der Waals surface area (Å²) < 4.78 is 129. The maximum Gasteiger partial charge on any atom is 0.290 e. The van der Waals surface area contributed by atoms with Crippen LogP contribution in [0.2, 0.25) is 0 Å². The Morgan fingerprint density at radius 3 is 1.28 bits per heavy atom. The SMILES string of the molecule is CN1CC=C(c2nn(S(=O)(=O)c3ccc4c(c3)NC(=O)CO4)c3ccccc23)CC1.CN1CC=C(c2nn(S(=O)(=O)c3ccc4occc4c3)c3cccnc23)CC1.CN1CC=C(c2nn(S(=O)(=O)c3ccc4occc4c3)c3ncccc23)CC1.CN1CC=C(c2nn(S(=O)(=O)c3ccc4sccc4c3)c3cccnc23)CC1.O=CO.O=CO.O=CO.O=CO. The third-order valence-electron chi connectivity index (χ3n) is 20.6. The Morgan fingerprint density at radius 1 is 0.413 bits per heavy atom. The quantitative estimate of drug-likeness (QED) is 0.0709. The normalized spacial score (nSPS) is 15.1. The fourth-order valence-electron chi connectivity index (χ4n) is 14.3. The van der Waals surface area contributed by atoms with Crippen molar-refractivity contribution in [1.82, 2.24) is 71.3 Å². The van der Waals surface area contributed by atoms with E-state index in [9.17, 15) is 38.5 Å². The molecule has 10 aromatic heterocycles. The summed E-state index contributed by atoms with van der Waals surface area (Å²) in [6.07, 6.45) is 19.7. The number of amides is 1. The molecule has 0 atom stereocenters. The number of hydrogen-bond donors (Lipinski definition) is 5. The number of carbonyl (C=O) groups is 5. The highest BCUT2D eigenvalue weighted by molar-refractivity contribution is 7.91. The maximum atomic E-state index is 13.5. The summed E-state index contributed by atoms with van der Waals surface area (Å²) in [6.45, 7) is 5.76. The number of anilines is 1. The minimum Gasteiger partial charge on any atom is -0.483 e. The van der Waals surface area contributed by atoms with Gasteiger partial charge in [-0.15, -0.1) is 15.4 Å². The van der Waals surface area contributed by atoms with E-state index in [1.54, 1.807) is 139 Å². The van der Waals surface area contributed by atoms with Crippen LogP contribution < -0.4 is 10.1 Å². The van der Waals surface area contributed by atoms with Crippen LogP contribution in [0.25, 0.3) is 98.3 Å². The Balaban J connectivity index is 0.000000138. The molecule has 41 heteroatoms. The predicted octanol–water partition coefficient (Wildman–Crippen LogP) is 11.0. The maximum absolute atomic E-state index is 13.5. The summed E-state index contributed by atoms with van der Waals surface area (Å²) in [5, 5.41) is 54.2. The van der Waals surface area contributed by atoms with Gasteiger partial charge in [0.2, 0.25) is 0 Å². The number of thiophene rings is 1. The largest absolute Gasteiger partial charge is 0.483 e. The molecule has 5 aliphatic rings. The zero-order valence-electron chi connectivity index (χ0n) is 67.8. The Kier molecular flexibility index (Phi) is 28.1. The lowest BCUT2D eigenvalue weighted by Crippen LogP contribution is -2.25. The van der Waals surface area contributed by atoms with Crippen molar-refractivity contribution in [2.24, 2.45) is 0 Å². The second-order valence-electron chi connectivity index (χ2n) is 28.7. The van der Waals surface area contributed by atoms with Gasteiger partial charge < -0.3 is 58.9 Å². The molecule has 126 heavy (non-hydrogen) atoms. The molecule has 0 unspecified atom stereocenters. The van der Waals surface area contributed by atoms with Gasteiger partial charge in [0.05, 0.1) is 54.7 Å². The van der Waals surface area contributed by atoms with E-state index in [4.69, 9.17) is 53.2 Å². The topological polar surface area (TPSA) is 473 Å². The third-order valence-corrected chi connectivity index (χ3v) is 27.8. The first-order valence-electron chi connectivity index (χ1n) is 38.5. The van der Waals surface area contributed by atoms with Crippen LogP contribution in [-0.2, 0) is 64.1 Å². The number of ether oxygens (including phenoxy) is 1. The smallest absolute Gasteiger partial charge is 0.290 e. The number of nitrogens with one attached hydrogen (secondary N) is 1. The average Bonchev–Trinajstić information content (AvgIpc) is 1.61. The Labute approximate surface area is 724 Å². The van der Waals surface area contributed by atoms with Gasteiger partial charge in [0.25, 0.3) is 71.9 Å². The van der Waals surface area contributed by atoms with Gasteiger partial charge in [0.1, 0.15) is 50.4 Å². The number of fused-ring (bicyclic) bond motifs is 8. The minimum absolute atomic E-state index is 0.0317. The molecule has 5 N–H and O–H groups in total. The van der Waals surface area contributed by atoms with Gasteiger partial charge >= 0.3 is 0 Å². The molecule has 0 fully saturated rings. The predicted molar refractivity (Wildman–Crippen MR) is 473 cm³/mol. The first-order valence-corrected chi connectivity index (χ1v) is 45.2. The second kappa shape index (κ2) is 39.4. The van der Waals surface area contributed by atoms with Crippen molar-refractivity contribution >= 4 is 187 Å². The van der Waals surface area contributed by atoms with Gasteiger partial charge in [-0.05, 0) is 220 Å². The number of para-hydroxylation sites is 1. The molecule has 0 bridgehead atoms. The summed E-state index contributed by atoms with van der Waals surface area (Å²) in [6, 6.07) is 42.6. The van der Waals surface area contributed by atoms with Crippen LogP contribution in [0.5, 0.6) is 5.75 Å². The highest BCUT2D eigenvalue weighted by atomic mass is 32.2. The molecule has 15 heterocycles. The fourth-order valence-corrected chi connectivity index (χ4v) is 20.3. The number of furan rings is 2. The van der Waals surface area contributed by atoms with Crippen LogP contribution in [0.1, 0.15) is 48.5 Å². The molecule has 5 aromatic carbocycles. The molecule has 1 amide bonds. The van der Waals surface area contributed by atoms with Crippen LogP contribution in [0.4, 0.5) is 5.69 Å². The van der Waals surface area contributed by atoms with E-state index >= 15 is 0 Å². The van der Waals surface area contributed by atoms with E-state index in [-0.39, 0.29) is 58.0 Å². The Hall–Kier alpha value is -13.8. The van der Waals surface area contributed by atoms with E-state index in [1.807, 2.05) is 42.8 Å². The molecule has 0 saturated carbocycles. The van der Waals surface area contributed by atoms with Gasteiger partial charge in [-0.25, -0.2) is 4.98 Å². The van der Waals surface area contributed by atoms with E-state index in [0.29, 0.717) is 78.6 Å². The number of nitrogens with zero attached hydrogens (tertiary/aromatic N) is 15. The van der Waals surface area contributed by atoms with Crippen LogP contribution in [0.3, 0.4) is 0 Å². The van der Waals surface area contributed by atoms with Gasteiger partial charge in [0, 0.05) is 97.2 Å². The van der Waals surface area contributed by atoms with E-state index in [2.05, 4.69) is 106 Å². The standard InChI is InChI=1S/C21H20N4O4S.2C20H18N4O3S.C20H18N4O2S2.4CH2O2/c1-24-10-8-14(9-11-24)21-16-4-2-3-5-18(16)25(23-21)30(27,28)15-6-7-19-17(12-15)22-20(26)13-29-19;1-23-10-6-14(7-11-23)19-20-17(3-2-9-21-20)24(22-19)28(25,26)16-4-5-18-15(13-16)8-12-27-18;1-23-10-6-14(7-11-23)19-17-3-2-9-21-20(17)24(22-19)28(25,26)16-4-5-18-15(13-16)8-12-27-18;1-23-10-6-14(7-11-23)19-20-17(3-2-9-21-20)24(22-19)28(25,26)16-4-5-18-15(13-16)8-12-27-18;4*2-1-3/h2-8,12H,9-11,13H2,1H3,(H,22,26);3*2-6,8-9,12-13H,7,10-11H2,1H3;4*1H,(H,2,3). The van der Waals surface area contributed by atoms with Crippen LogP contribution in [0.15, 0.2) is 241 Å². The number of rotatable bonds is 12. The minimum atomic E-state index is -3.98. The number of pyridine rings is 3. The number of carbonyl (C=O) groups excluding carboxylic acids is 1. The van der Waals surface area contributed by atoms with Crippen molar-refractivity contribution < 1.29 is 91.6 Å². The van der Waals surface area contributed by atoms with Crippen molar-refractivity contribution in [2.75, 3.05) is 92.5 Å². The molecular formula is C85H82N16O20S5. The lowest BCUT2D eigenvalue weighted by Gasteiger charge is -2.21. The van der Waals surface area contributed by atoms with Crippen molar-refractivity contribution in [1.29, 1.82) is 0 Å². The molecule has 0 spiro atoms. The number of hydrogen-bond acceptors (Lipinski definition) is 28. The lowest BCUT2D eigenvalue weighted by molar-refractivity contribution is -0.123. The van der Waals surface area contributed by atoms with E-state index in [0.717, 1.165) is 148 Å². The highest BCUT2D eigenvalue weighted by Gasteiger charge is 2.32. The van der Waals surface area contributed by atoms with Crippen LogP contribution >= 0.6 is 11.3 Å². The first-order chi connectivity index (χ1) is 60.7. The van der Waals surface area contributed by atoms with Crippen LogP contribution in [-0.4, -0.2) is 244 Å². The zero-order chi connectivity index (χ0) is 89.6. The van der Waals surface area contributed by atoms with Crippen molar-refractivity contribution in [2.45, 2.75) is 45.3 Å². The molecule has 36 nitrogen and oxygen atoms in total.